The van der Waals surface area contributed by atoms with Crippen LogP contribution in [0.3, 0.4) is 0 Å². The van der Waals surface area contributed by atoms with Crippen molar-refractivity contribution in [3.8, 4) is 11.3 Å². The molecule has 0 unspecified atom stereocenters. The van der Waals surface area contributed by atoms with Crippen molar-refractivity contribution < 1.29 is 14.3 Å². The number of rotatable bonds is 5. The number of fused-ring (bicyclic) bond motifs is 1. The Labute approximate surface area is 210 Å². The second-order valence-corrected chi connectivity index (χ2v) is 9.67. The minimum atomic E-state index is -0.0665. The average molecular weight is 492 g/mol. The number of morpholine rings is 1. The van der Waals surface area contributed by atoms with Gasteiger partial charge in [0.25, 0.3) is 0 Å². The van der Waals surface area contributed by atoms with E-state index in [9.17, 15) is 9.59 Å². The van der Waals surface area contributed by atoms with Gasteiger partial charge < -0.3 is 24.8 Å². The molecule has 2 atom stereocenters. The Hall–Kier alpha value is -3.50. The van der Waals surface area contributed by atoms with Gasteiger partial charge in [0.05, 0.1) is 37.3 Å². The van der Waals surface area contributed by atoms with Crippen molar-refractivity contribution in [3.05, 3.63) is 36.7 Å². The molecule has 190 valence electrons. The van der Waals surface area contributed by atoms with Crippen molar-refractivity contribution in [2.75, 3.05) is 56.2 Å². The molecule has 10 nitrogen and oxygen atoms in total. The number of ether oxygens (including phenoxy) is 1. The van der Waals surface area contributed by atoms with Gasteiger partial charge in [0.15, 0.2) is 0 Å². The Morgan fingerprint density at radius 2 is 1.92 bits per heavy atom. The van der Waals surface area contributed by atoms with Crippen LogP contribution < -0.4 is 10.2 Å². The van der Waals surface area contributed by atoms with Gasteiger partial charge in [-0.05, 0) is 32.0 Å². The fraction of sp³-hybridized carbons (Fsp3) is 0.462. The first kappa shape index (κ1) is 24.2. The predicted octanol–water partition coefficient (Wildman–Crippen LogP) is 2.34. The third kappa shape index (κ3) is 5.05. The molecule has 0 aromatic carbocycles. The Kier molecular flexibility index (Phi) is 6.88. The lowest BCUT2D eigenvalue weighted by Gasteiger charge is -2.44. The Bertz CT molecular complexity index is 1240. The smallest absolute Gasteiger partial charge is 0.238 e. The van der Waals surface area contributed by atoms with Gasteiger partial charge in [-0.15, -0.1) is 0 Å². The topological polar surface area (TPSA) is 107 Å². The summed E-state index contributed by atoms with van der Waals surface area (Å²) in [5, 5.41) is 3.87. The summed E-state index contributed by atoms with van der Waals surface area (Å²) in [6.45, 7) is 10.4. The molecule has 0 spiro atoms. The highest BCUT2D eigenvalue weighted by Gasteiger charge is 2.31. The maximum atomic E-state index is 12.6. The first-order valence-electron chi connectivity index (χ1n) is 12.5. The van der Waals surface area contributed by atoms with Gasteiger partial charge in [-0.25, -0.2) is 9.97 Å². The fourth-order valence-electron chi connectivity index (χ4n) is 5.33. The zero-order valence-electron chi connectivity index (χ0n) is 21.0. The quantitative estimate of drug-likeness (QED) is 0.564. The van der Waals surface area contributed by atoms with Crippen LogP contribution in [-0.4, -0.2) is 94.6 Å². The number of amides is 2. The van der Waals surface area contributed by atoms with Crippen molar-refractivity contribution in [1.82, 2.24) is 24.8 Å². The van der Waals surface area contributed by atoms with E-state index in [2.05, 4.69) is 38.9 Å². The van der Waals surface area contributed by atoms with Crippen LogP contribution in [0.15, 0.2) is 36.7 Å². The minimum absolute atomic E-state index is 0.0665. The van der Waals surface area contributed by atoms with Crippen LogP contribution in [-0.2, 0) is 14.3 Å². The summed E-state index contributed by atoms with van der Waals surface area (Å²) in [4.78, 5) is 43.6. The second-order valence-electron chi connectivity index (χ2n) is 9.67. The van der Waals surface area contributed by atoms with Gasteiger partial charge in [-0.3, -0.25) is 14.5 Å². The zero-order valence-corrected chi connectivity index (χ0v) is 21.0. The highest BCUT2D eigenvalue weighted by Crippen LogP contribution is 2.30. The summed E-state index contributed by atoms with van der Waals surface area (Å²) in [7, 11) is 0. The molecule has 2 N–H and O–H groups in total. The molecule has 0 bridgehead atoms. The fourth-order valence-corrected chi connectivity index (χ4v) is 5.33. The van der Waals surface area contributed by atoms with E-state index in [1.165, 1.54) is 0 Å². The lowest BCUT2D eigenvalue weighted by Crippen LogP contribution is -2.58. The molecule has 2 saturated heterocycles. The molecule has 2 aliphatic heterocycles. The summed E-state index contributed by atoms with van der Waals surface area (Å²) in [6, 6.07) is 8.15. The highest BCUT2D eigenvalue weighted by atomic mass is 16.5. The molecular formula is C26H33N7O3. The molecule has 0 aliphatic carbocycles. The maximum Gasteiger partial charge on any atom is 0.238 e. The monoisotopic (exact) mass is 491 g/mol. The van der Waals surface area contributed by atoms with Crippen LogP contribution in [0.2, 0.25) is 0 Å². The lowest BCUT2D eigenvalue weighted by atomic mass is 10.1. The zero-order chi connectivity index (χ0) is 25.2. The van der Waals surface area contributed by atoms with E-state index in [4.69, 9.17) is 9.72 Å². The average Bonchev–Trinajstić information content (AvgIpc) is 3.27. The standard InChI is InChI=1S/C26H33N7O3/c1-17-14-32(15-18(2)33(17)19(3)34)24-6-4-5-23(30-24)22-13-28-26-21(22)11-20(12-27-26)29-25(35)16-31-7-9-36-10-8-31/h4-6,11-13,17-18H,7-10,14-16H2,1-3H3,(H,27,28)(H,29,35)/t17-,18+. The van der Waals surface area contributed by atoms with E-state index in [1.54, 1.807) is 13.1 Å². The SMILES string of the molecule is CC(=O)N1[C@H](C)CN(c2cccc(-c3c[nH]c4ncc(NC(=O)CN5CCOCC5)cc34)n2)C[C@@H]1C. The Morgan fingerprint density at radius 1 is 1.17 bits per heavy atom. The van der Waals surface area contributed by atoms with Crippen molar-refractivity contribution in [2.45, 2.75) is 32.9 Å². The number of carbonyl (C=O) groups is 2. The Morgan fingerprint density at radius 3 is 2.64 bits per heavy atom. The van der Waals surface area contributed by atoms with Crippen LogP contribution in [0.1, 0.15) is 20.8 Å². The summed E-state index contributed by atoms with van der Waals surface area (Å²) in [5.74, 6) is 0.922. The van der Waals surface area contributed by atoms with Crippen molar-refractivity contribution in [3.63, 3.8) is 0 Å². The Balaban J connectivity index is 1.35. The van der Waals surface area contributed by atoms with Gasteiger partial charge in [-0.1, -0.05) is 6.07 Å². The van der Waals surface area contributed by atoms with Gasteiger partial charge in [0.1, 0.15) is 11.5 Å². The van der Waals surface area contributed by atoms with Crippen LogP contribution in [0, 0.1) is 0 Å². The highest BCUT2D eigenvalue weighted by molar-refractivity contribution is 5.98. The molecule has 10 heteroatoms. The molecule has 0 radical (unpaired) electrons. The third-order valence-corrected chi connectivity index (χ3v) is 6.90. The number of nitrogens with zero attached hydrogens (tertiary/aromatic N) is 5. The number of carbonyl (C=O) groups excluding carboxylic acids is 2. The van der Waals surface area contributed by atoms with E-state index in [0.717, 1.165) is 54.3 Å². The molecule has 2 amide bonds. The maximum absolute atomic E-state index is 12.6. The molecule has 5 rings (SSSR count). The van der Waals surface area contributed by atoms with E-state index < -0.39 is 0 Å². The van der Waals surface area contributed by atoms with Crippen molar-refractivity contribution in [2.24, 2.45) is 0 Å². The molecule has 2 aliphatic rings. The molecule has 0 saturated carbocycles. The number of hydrogen-bond donors (Lipinski definition) is 2. The normalized spacial score (nSPS) is 21.1. The van der Waals surface area contributed by atoms with E-state index in [-0.39, 0.29) is 23.9 Å². The molecular weight excluding hydrogens is 458 g/mol. The number of piperazine rings is 1. The molecule has 36 heavy (non-hydrogen) atoms. The molecule has 5 heterocycles. The molecule has 3 aromatic heterocycles. The first-order chi connectivity index (χ1) is 17.4. The van der Waals surface area contributed by atoms with Crippen molar-refractivity contribution >= 4 is 34.4 Å². The summed E-state index contributed by atoms with van der Waals surface area (Å²) in [6.07, 6.45) is 3.57. The molecule has 3 aromatic rings. The van der Waals surface area contributed by atoms with Gasteiger partial charge in [0, 0.05) is 62.3 Å². The van der Waals surface area contributed by atoms with Crippen LogP contribution in [0.25, 0.3) is 22.3 Å². The number of H-pyrrole nitrogens is 1. The molecule has 2 fully saturated rings. The van der Waals surface area contributed by atoms with E-state index >= 15 is 0 Å². The lowest BCUT2D eigenvalue weighted by molar-refractivity contribution is -0.133. The van der Waals surface area contributed by atoms with E-state index in [0.29, 0.717) is 25.4 Å². The summed E-state index contributed by atoms with van der Waals surface area (Å²) < 4.78 is 5.35. The largest absolute Gasteiger partial charge is 0.379 e. The van der Waals surface area contributed by atoms with E-state index in [1.807, 2.05) is 35.4 Å². The number of anilines is 2. The van der Waals surface area contributed by atoms with Gasteiger partial charge >= 0.3 is 0 Å². The second kappa shape index (κ2) is 10.2. The van der Waals surface area contributed by atoms with Gasteiger partial charge in [-0.2, -0.15) is 0 Å². The van der Waals surface area contributed by atoms with Crippen molar-refractivity contribution in [1.29, 1.82) is 0 Å². The van der Waals surface area contributed by atoms with Gasteiger partial charge in [0.2, 0.25) is 11.8 Å². The van der Waals surface area contributed by atoms with Crippen LogP contribution in [0.4, 0.5) is 11.5 Å². The number of aromatic amines is 1. The minimum Gasteiger partial charge on any atom is -0.379 e. The van der Waals surface area contributed by atoms with Crippen LogP contribution >= 0.6 is 0 Å². The number of hydrogen-bond acceptors (Lipinski definition) is 7. The number of aromatic nitrogens is 3. The van der Waals surface area contributed by atoms with Crippen LogP contribution in [0.5, 0.6) is 0 Å². The predicted molar refractivity (Wildman–Crippen MR) is 139 cm³/mol. The number of nitrogens with one attached hydrogen (secondary N) is 2. The third-order valence-electron chi connectivity index (χ3n) is 6.90. The summed E-state index contributed by atoms with van der Waals surface area (Å²) >= 11 is 0. The first-order valence-corrected chi connectivity index (χ1v) is 12.5. The number of pyridine rings is 2. The summed E-state index contributed by atoms with van der Waals surface area (Å²) in [5.41, 5.74) is 3.14.